The van der Waals surface area contributed by atoms with Crippen molar-refractivity contribution in [1.29, 1.82) is 0 Å². The molecular formula is C20H21F2NO2. The number of rotatable bonds is 5. The Bertz CT molecular complexity index is 781. The number of halogens is 2. The van der Waals surface area contributed by atoms with E-state index in [1.165, 1.54) is 0 Å². The number of alkyl halides is 2. The topological polar surface area (TPSA) is 49.3 Å². The lowest BCUT2D eigenvalue weighted by atomic mass is 9.76. The van der Waals surface area contributed by atoms with Crippen LogP contribution in [0.15, 0.2) is 42.5 Å². The average molecular weight is 345 g/mol. The molecule has 0 heterocycles. The number of aryl methyl sites for hydroxylation is 1. The van der Waals surface area contributed by atoms with E-state index in [9.17, 15) is 18.7 Å². The number of nitrogens with one attached hydrogen (secondary N) is 1. The van der Waals surface area contributed by atoms with E-state index in [0.717, 1.165) is 22.3 Å². The molecule has 25 heavy (non-hydrogen) atoms. The van der Waals surface area contributed by atoms with Gasteiger partial charge in [0.15, 0.2) is 0 Å². The van der Waals surface area contributed by atoms with Crippen molar-refractivity contribution in [2.45, 2.75) is 44.8 Å². The Morgan fingerprint density at radius 3 is 2.64 bits per heavy atom. The summed E-state index contributed by atoms with van der Waals surface area (Å²) in [6.45, 7) is 2.28. The molecule has 0 radical (unpaired) electrons. The maximum atomic E-state index is 13.0. The van der Waals surface area contributed by atoms with Crippen LogP contribution in [0.3, 0.4) is 0 Å². The molecule has 0 bridgehead atoms. The van der Waals surface area contributed by atoms with E-state index >= 15 is 0 Å². The molecule has 3 nitrogen and oxygen atoms in total. The Morgan fingerprint density at radius 1 is 1.24 bits per heavy atom. The summed E-state index contributed by atoms with van der Waals surface area (Å²) >= 11 is 0. The van der Waals surface area contributed by atoms with Gasteiger partial charge in [0.05, 0.1) is 6.61 Å². The summed E-state index contributed by atoms with van der Waals surface area (Å²) in [7, 11) is 0. The van der Waals surface area contributed by atoms with Crippen LogP contribution >= 0.6 is 0 Å². The highest BCUT2D eigenvalue weighted by molar-refractivity contribution is 5.94. The molecule has 0 spiro atoms. The molecule has 2 N–H and O–H groups in total. The predicted molar refractivity (Wildman–Crippen MR) is 91.6 cm³/mol. The Hall–Kier alpha value is -2.27. The Kier molecular flexibility index (Phi) is 4.86. The summed E-state index contributed by atoms with van der Waals surface area (Å²) in [5.41, 5.74) is 4.05. The van der Waals surface area contributed by atoms with Gasteiger partial charge in [-0.3, -0.25) is 4.79 Å². The summed E-state index contributed by atoms with van der Waals surface area (Å²) in [6.07, 6.45) is -0.289. The molecule has 0 aromatic heterocycles. The number of carbonyl (C=O) groups is 1. The summed E-state index contributed by atoms with van der Waals surface area (Å²) < 4.78 is 26.1. The van der Waals surface area contributed by atoms with Gasteiger partial charge >= 0.3 is 0 Å². The molecule has 1 fully saturated rings. The van der Waals surface area contributed by atoms with E-state index in [2.05, 4.69) is 5.32 Å². The fourth-order valence-corrected chi connectivity index (χ4v) is 3.16. The van der Waals surface area contributed by atoms with Gasteiger partial charge in [-0.05, 0) is 47.2 Å². The minimum atomic E-state index is -2.57. The maximum Gasteiger partial charge on any atom is 0.251 e. The Balaban J connectivity index is 1.63. The van der Waals surface area contributed by atoms with Gasteiger partial charge in [-0.2, -0.15) is 0 Å². The van der Waals surface area contributed by atoms with Crippen molar-refractivity contribution in [2.24, 2.45) is 0 Å². The predicted octanol–water partition coefficient (Wildman–Crippen LogP) is 3.93. The van der Waals surface area contributed by atoms with E-state index < -0.39 is 5.92 Å². The van der Waals surface area contributed by atoms with Crippen LogP contribution in [0.5, 0.6) is 0 Å². The van der Waals surface area contributed by atoms with Crippen molar-refractivity contribution in [3.05, 3.63) is 70.3 Å². The Labute approximate surface area is 145 Å². The SMILES string of the molecule is Cc1cc(CNC(=O)c2cccc(C3CC(F)(F)C3)c2)ccc1CO. The van der Waals surface area contributed by atoms with Gasteiger partial charge in [0.25, 0.3) is 5.91 Å². The zero-order valence-electron chi connectivity index (χ0n) is 14.1. The average Bonchev–Trinajstić information content (AvgIpc) is 2.57. The minimum Gasteiger partial charge on any atom is -0.392 e. The zero-order valence-corrected chi connectivity index (χ0v) is 14.1. The van der Waals surface area contributed by atoms with Crippen LogP contribution in [-0.4, -0.2) is 16.9 Å². The van der Waals surface area contributed by atoms with Crippen LogP contribution in [0.1, 0.15) is 51.4 Å². The smallest absolute Gasteiger partial charge is 0.251 e. The number of hydrogen-bond acceptors (Lipinski definition) is 2. The molecule has 3 rings (SSSR count). The molecule has 2 aromatic rings. The van der Waals surface area contributed by atoms with E-state index in [1.54, 1.807) is 24.3 Å². The highest BCUT2D eigenvalue weighted by atomic mass is 19.3. The third-order valence-corrected chi connectivity index (χ3v) is 4.74. The highest BCUT2D eigenvalue weighted by Crippen LogP contribution is 2.48. The molecular weight excluding hydrogens is 324 g/mol. The number of carbonyl (C=O) groups excluding carboxylic acids is 1. The van der Waals surface area contributed by atoms with Gasteiger partial charge in [-0.25, -0.2) is 8.78 Å². The van der Waals surface area contributed by atoms with Crippen molar-refractivity contribution in [3.8, 4) is 0 Å². The number of amides is 1. The first-order chi connectivity index (χ1) is 11.9. The summed E-state index contributed by atoms with van der Waals surface area (Å²) in [5.74, 6) is -2.96. The van der Waals surface area contributed by atoms with Gasteiger partial charge in [-0.15, -0.1) is 0 Å². The number of aliphatic hydroxyl groups is 1. The van der Waals surface area contributed by atoms with Crippen molar-refractivity contribution in [2.75, 3.05) is 0 Å². The van der Waals surface area contributed by atoms with E-state index in [0.29, 0.717) is 12.1 Å². The lowest BCUT2D eigenvalue weighted by Crippen LogP contribution is -2.33. The third kappa shape index (κ3) is 4.04. The number of hydrogen-bond donors (Lipinski definition) is 2. The number of aliphatic hydroxyl groups excluding tert-OH is 1. The van der Waals surface area contributed by atoms with Gasteiger partial charge in [-0.1, -0.05) is 30.3 Å². The lowest BCUT2D eigenvalue weighted by Gasteiger charge is -2.35. The molecule has 1 aliphatic rings. The molecule has 0 aliphatic heterocycles. The maximum absolute atomic E-state index is 13.0. The van der Waals surface area contributed by atoms with Crippen LogP contribution in [0.2, 0.25) is 0 Å². The molecule has 1 aliphatic carbocycles. The molecule has 132 valence electrons. The lowest BCUT2D eigenvalue weighted by molar-refractivity contribution is -0.0867. The van der Waals surface area contributed by atoms with Crippen molar-refractivity contribution in [3.63, 3.8) is 0 Å². The first kappa shape index (κ1) is 17.5. The van der Waals surface area contributed by atoms with Crippen LogP contribution in [0.4, 0.5) is 8.78 Å². The van der Waals surface area contributed by atoms with E-state index in [1.807, 2.05) is 25.1 Å². The van der Waals surface area contributed by atoms with Gasteiger partial charge in [0, 0.05) is 24.9 Å². The second kappa shape index (κ2) is 6.92. The van der Waals surface area contributed by atoms with Crippen molar-refractivity contribution >= 4 is 5.91 Å². The van der Waals surface area contributed by atoms with Gasteiger partial charge in [0.2, 0.25) is 5.92 Å². The van der Waals surface area contributed by atoms with Crippen molar-refractivity contribution in [1.82, 2.24) is 5.32 Å². The van der Waals surface area contributed by atoms with E-state index in [-0.39, 0.29) is 31.3 Å². The summed E-state index contributed by atoms with van der Waals surface area (Å²) in [6, 6.07) is 12.6. The molecule has 0 atom stereocenters. The second-order valence-corrected chi connectivity index (χ2v) is 6.69. The third-order valence-electron chi connectivity index (χ3n) is 4.74. The summed E-state index contributed by atoms with van der Waals surface area (Å²) in [5, 5.41) is 12.0. The fraction of sp³-hybridized carbons (Fsp3) is 0.350. The zero-order chi connectivity index (χ0) is 18.0. The van der Waals surface area contributed by atoms with Gasteiger partial charge in [0.1, 0.15) is 0 Å². The molecule has 2 aromatic carbocycles. The molecule has 1 amide bonds. The largest absolute Gasteiger partial charge is 0.392 e. The van der Waals surface area contributed by atoms with Gasteiger partial charge < -0.3 is 10.4 Å². The first-order valence-corrected chi connectivity index (χ1v) is 8.33. The second-order valence-electron chi connectivity index (χ2n) is 6.69. The van der Waals surface area contributed by atoms with Crippen LogP contribution in [-0.2, 0) is 13.2 Å². The minimum absolute atomic E-state index is 0.00846. The van der Waals surface area contributed by atoms with Crippen LogP contribution < -0.4 is 5.32 Å². The molecule has 0 saturated heterocycles. The summed E-state index contributed by atoms with van der Waals surface area (Å²) in [4.78, 5) is 12.3. The number of benzene rings is 2. The fourth-order valence-electron chi connectivity index (χ4n) is 3.16. The quantitative estimate of drug-likeness (QED) is 0.863. The molecule has 0 unspecified atom stereocenters. The Morgan fingerprint density at radius 2 is 2.00 bits per heavy atom. The van der Waals surface area contributed by atoms with Crippen molar-refractivity contribution < 1.29 is 18.7 Å². The molecule has 1 saturated carbocycles. The monoisotopic (exact) mass is 345 g/mol. The van der Waals surface area contributed by atoms with Crippen LogP contribution in [0.25, 0.3) is 0 Å². The normalized spacial score (nSPS) is 16.3. The van der Waals surface area contributed by atoms with Crippen LogP contribution in [0, 0.1) is 6.92 Å². The molecule has 5 heteroatoms. The highest BCUT2D eigenvalue weighted by Gasteiger charge is 2.45. The van der Waals surface area contributed by atoms with E-state index in [4.69, 9.17) is 0 Å². The standard InChI is InChI=1S/C20H21F2NO2/c1-13-7-14(5-6-17(13)12-24)11-23-19(25)16-4-2-3-15(8-16)18-9-20(21,22)10-18/h2-8,18,24H,9-12H2,1H3,(H,23,25). The first-order valence-electron chi connectivity index (χ1n) is 8.33.